The standard InChI is InChI=1S/C27H27ClN4O2/c1-18(19-6-3-2-4-7-19)29-25(33)13-14-32(17-22-8-5-15-34-22)27-23-12-11-21(28)16-24(23)30-26(31-27)20-9-10-20/h2-8,11-12,15-16,18,20H,9-10,13-14,17H2,1H3,(H,29,33). The van der Waals surface area contributed by atoms with Crippen LogP contribution in [0.3, 0.4) is 0 Å². The van der Waals surface area contributed by atoms with Crippen LogP contribution in [-0.2, 0) is 11.3 Å². The molecule has 1 amide bonds. The average molecular weight is 475 g/mol. The minimum absolute atomic E-state index is 0.00961. The van der Waals surface area contributed by atoms with Crippen molar-refractivity contribution in [3.8, 4) is 0 Å². The van der Waals surface area contributed by atoms with Crippen LogP contribution in [0.15, 0.2) is 71.3 Å². The number of hydrogen-bond donors (Lipinski definition) is 1. The van der Waals surface area contributed by atoms with Gasteiger partial charge in [0.25, 0.3) is 0 Å². The van der Waals surface area contributed by atoms with Crippen molar-refractivity contribution in [2.24, 2.45) is 0 Å². The Labute approximate surface area is 204 Å². The second-order valence-electron chi connectivity index (χ2n) is 8.79. The highest BCUT2D eigenvalue weighted by atomic mass is 35.5. The van der Waals surface area contributed by atoms with Crippen LogP contribution in [0.4, 0.5) is 5.82 Å². The van der Waals surface area contributed by atoms with E-state index in [0.29, 0.717) is 30.5 Å². The zero-order valence-corrected chi connectivity index (χ0v) is 19.8. The van der Waals surface area contributed by atoms with Crippen LogP contribution in [0.25, 0.3) is 10.9 Å². The maximum Gasteiger partial charge on any atom is 0.222 e. The van der Waals surface area contributed by atoms with Gasteiger partial charge < -0.3 is 14.6 Å². The van der Waals surface area contributed by atoms with Crippen LogP contribution in [-0.4, -0.2) is 22.4 Å². The fourth-order valence-electron chi connectivity index (χ4n) is 4.09. The van der Waals surface area contributed by atoms with E-state index in [-0.39, 0.29) is 11.9 Å². The maximum atomic E-state index is 12.8. The second kappa shape index (κ2) is 9.85. The number of halogens is 1. The molecule has 0 saturated heterocycles. The Morgan fingerprint density at radius 2 is 1.97 bits per heavy atom. The van der Waals surface area contributed by atoms with Crippen molar-refractivity contribution >= 4 is 34.2 Å². The van der Waals surface area contributed by atoms with E-state index in [1.54, 1.807) is 6.26 Å². The number of aromatic nitrogens is 2. The molecule has 174 valence electrons. The molecule has 2 aromatic heterocycles. The van der Waals surface area contributed by atoms with Crippen LogP contribution in [0.2, 0.25) is 5.02 Å². The van der Waals surface area contributed by atoms with Crippen LogP contribution < -0.4 is 10.2 Å². The molecule has 4 aromatic rings. The largest absolute Gasteiger partial charge is 0.467 e. The number of furan rings is 1. The van der Waals surface area contributed by atoms with Crippen molar-refractivity contribution in [1.82, 2.24) is 15.3 Å². The van der Waals surface area contributed by atoms with E-state index in [2.05, 4.69) is 10.2 Å². The Morgan fingerprint density at radius 3 is 2.71 bits per heavy atom. The highest BCUT2D eigenvalue weighted by Crippen LogP contribution is 2.40. The minimum atomic E-state index is -0.0595. The molecule has 7 heteroatoms. The Hall–Kier alpha value is -3.38. The van der Waals surface area contributed by atoms with Gasteiger partial charge in [0.1, 0.15) is 17.4 Å². The molecule has 0 radical (unpaired) electrons. The maximum absolute atomic E-state index is 12.8. The molecule has 2 heterocycles. The highest BCUT2D eigenvalue weighted by Gasteiger charge is 2.29. The quantitative estimate of drug-likeness (QED) is 0.321. The van der Waals surface area contributed by atoms with Gasteiger partial charge in [0.05, 0.1) is 24.4 Å². The van der Waals surface area contributed by atoms with Crippen LogP contribution in [0, 0.1) is 0 Å². The van der Waals surface area contributed by atoms with Crippen molar-refractivity contribution in [3.05, 3.63) is 89.1 Å². The van der Waals surface area contributed by atoms with E-state index in [1.807, 2.05) is 67.6 Å². The Morgan fingerprint density at radius 1 is 1.15 bits per heavy atom. The Bertz CT molecular complexity index is 1270. The molecule has 34 heavy (non-hydrogen) atoms. The van der Waals surface area contributed by atoms with Crippen molar-refractivity contribution in [2.45, 2.75) is 44.7 Å². The second-order valence-corrected chi connectivity index (χ2v) is 9.23. The van der Waals surface area contributed by atoms with Gasteiger partial charge in [0.15, 0.2) is 0 Å². The van der Waals surface area contributed by atoms with E-state index in [9.17, 15) is 4.79 Å². The summed E-state index contributed by atoms with van der Waals surface area (Å²) in [7, 11) is 0. The number of carbonyl (C=O) groups excluding carboxylic acids is 1. The summed E-state index contributed by atoms with van der Waals surface area (Å²) in [6.07, 6.45) is 4.19. The molecule has 5 rings (SSSR count). The average Bonchev–Trinajstić information content (AvgIpc) is 3.57. The summed E-state index contributed by atoms with van der Waals surface area (Å²) in [6.45, 7) is 3.00. The summed E-state index contributed by atoms with van der Waals surface area (Å²) in [5.41, 5.74) is 1.90. The number of rotatable bonds is 9. The number of hydrogen-bond acceptors (Lipinski definition) is 5. The molecule has 1 unspecified atom stereocenters. The predicted molar refractivity (Wildman–Crippen MR) is 134 cm³/mol. The van der Waals surface area contributed by atoms with E-state index in [4.69, 9.17) is 26.0 Å². The van der Waals surface area contributed by atoms with Gasteiger partial charge in [0.2, 0.25) is 5.91 Å². The fraction of sp³-hybridized carbons (Fsp3) is 0.296. The third kappa shape index (κ3) is 5.23. The summed E-state index contributed by atoms with van der Waals surface area (Å²) < 4.78 is 5.63. The highest BCUT2D eigenvalue weighted by molar-refractivity contribution is 6.31. The number of benzene rings is 2. The summed E-state index contributed by atoms with van der Waals surface area (Å²) in [6, 6.07) is 19.4. The smallest absolute Gasteiger partial charge is 0.222 e. The molecular formula is C27H27ClN4O2. The number of anilines is 1. The lowest BCUT2D eigenvalue weighted by Crippen LogP contribution is -2.32. The molecular weight excluding hydrogens is 448 g/mol. The SMILES string of the molecule is CC(NC(=O)CCN(Cc1ccco1)c1nc(C2CC2)nc2cc(Cl)ccc12)c1ccccc1. The van der Waals surface area contributed by atoms with Gasteiger partial charge in [-0.3, -0.25) is 4.79 Å². The summed E-state index contributed by atoms with van der Waals surface area (Å²) in [4.78, 5) is 24.7. The van der Waals surface area contributed by atoms with E-state index < -0.39 is 0 Å². The van der Waals surface area contributed by atoms with Crippen molar-refractivity contribution in [2.75, 3.05) is 11.4 Å². The first-order chi connectivity index (χ1) is 16.6. The topological polar surface area (TPSA) is 71.3 Å². The molecule has 1 N–H and O–H groups in total. The number of nitrogens with one attached hydrogen (secondary N) is 1. The third-order valence-corrected chi connectivity index (χ3v) is 6.35. The van der Waals surface area contributed by atoms with E-state index in [1.165, 1.54) is 0 Å². The minimum Gasteiger partial charge on any atom is -0.467 e. The molecule has 1 aliphatic rings. The number of amides is 1. The molecule has 2 aromatic carbocycles. The summed E-state index contributed by atoms with van der Waals surface area (Å²) >= 11 is 6.27. The normalized spacial score (nSPS) is 14.2. The van der Waals surface area contributed by atoms with Crippen LogP contribution in [0.1, 0.15) is 55.3 Å². The molecule has 0 spiro atoms. The first kappa shape index (κ1) is 22.4. The molecule has 0 aliphatic heterocycles. The number of carbonyl (C=O) groups is 1. The van der Waals surface area contributed by atoms with E-state index in [0.717, 1.165) is 46.7 Å². The molecule has 6 nitrogen and oxygen atoms in total. The van der Waals surface area contributed by atoms with Crippen molar-refractivity contribution in [1.29, 1.82) is 0 Å². The monoisotopic (exact) mass is 474 g/mol. The molecule has 1 fully saturated rings. The van der Waals surface area contributed by atoms with E-state index >= 15 is 0 Å². The van der Waals surface area contributed by atoms with Crippen molar-refractivity contribution in [3.63, 3.8) is 0 Å². The van der Waals surface area contributed by atoms with Gasteiger partial charge in [-0.2, -0.15) is 0 Å². The zero-order chi connectivity index (χ0) is 23.5. The summed E-state index contributed by atoms with van der Waals surface area (Å²) in [5, 5.41) is 4.67. The molecule has 0 bridgehead atoms. The molecule has 1 saturated carbocycles. The number of nitrogens with zero attached hydrogens (tertiary/aromatic N) is 3. The lowest BCUT2D eigenvalue weighted by Gasteiger charge is -2.25. The van der Waals surface area contributed by atoms with Gasteiger partial charge in [-0.25, -0.2) is 9.97 Å². The Balaban J connectivity index is 1.40. The first-order valence-corrected chi connectivity index (χ1v) is 12.0. The third-order valence-electron chi connectivity index (χ3n) is 6.11. The molecule has 1 atom stereocenters. The molecule has 1 aliphatic carbocycles. The van der Waals surface area contributed by atoms with Gasteiger partial charge in [-0.1, -0.05) is 41.9 Å². The number of fused-ring (bicyclic) bond motifs is 1. The lowest BCUT2D eigenvalue weighted by molar-refractivity contribution is -0.121. The van der Waals surface area contributed by atoms with Gasteiger partial charge in [-0.05, 0) is 55.7 Å². The zero-order valence-electron chi connectivity index (χ0n) is 19.1. The fourth-order valence-corrected chi connectivity index (χ4v) is 4.26. The van der Waals surface area contributed by atoms with Crippen LogP contribution >= 0.6 is 11.6 Å². The summed E-state index contributed by atoms with van der Waals surface area (Å²) in [5.74, 6) is 2.85. The van der Waals surface area contributed by atoms with Gasteiger partial charge >= 0.3 is 0 Å². The predicted octanol–water partition coefficient (Wildman–Crippen LogP) is 6.03. The van der Waals surface area contributed by atoms with Crippen molar-refractivity contribution < 1.29 is 9.21 Å². The van der Waals surface area contributed by atoms with Crippen LogP contribution in [0.5, 0.6) is 0 Å². The van der Waals surface area contributed by atoms with Gasteiger partial charge in [0, 0.05) is 29.3 Å². The van der Waals surface area contributed by atoms with Gasteiger partial charge in [-0.15, -0.1) is 0 Å². The Kier molecular flexibility index (Phi) is 6.50. The lowest BCUT2D eigenvalue weighted by atomic mass is 10.1. The first-order valence-electron chi connectivity index (χ1n) is 11.7.